The minimum Gasteiger partial charge on any atom is -0.382 e. The Morgan fingerprint density at radius 3 is 2.40 bits per heavy atom. The number of rotatable bonds is 7. The SMILES string of the molecule is CC(C(=O)N[C@@H](Cc1cc(F)cc(F)c1)c1nc(C#CC(C)(C)O)ccc1-c1ccc(Cl)c2c(N)nn(C)c12)c1ccccc1. The van der Waals surface area contributed by atoms with Crippen LogP contribution in [0.15, 0.2) is 72.8 Å². The average Bonchev–Trinajstić information content (AvgIpc) is 3.29. The van der Waals surface area contributed by atoms with E-state index in [9.17, 15) is 18.7 Å². The number of nitrogen functional groups attached to an aromatic ring is 1. The number of pyridine rings is 1. The summed E-state index contributed by atoms with van der Waals surface area (Å²) in [6.07, 6.45) is 0.00850. The van der Waals surface area contributed by atoms with Crippen LogP contribution in [0.1, 0.15) is 55.2 Å². The summed E-state index contributed by atoms with van der Waals surface area (Å²) in [6, 6.07) is 18.7. The molecule has 0 radical (unpaired) electrons. The number of amides is 1. The van der Waals surface area contributed by atoms with Gasteiger partial charge in [0.05, 0.1) is 33.6 Å². The van der Waals surface area contributed by atoms with Crippen molar-refractivity contribution in [2.45, 2.75) is 44.8 Å². The van der Waals surface area contributed by atoms with Crippen LogP contribution in [0.25, 0.3) is 22.0 Å². The summed E-state index contributed by atoms with van der Waals surface area (Å²) in [5, 5.41) is 18.7. The number of halogens is 3. The van der Waals surface area contributed by atoms with Crippen LogP contribution in [0.5, 0.6) is 0 Å². The van der Waals surface area contributed by atoms with Crippen LogP contribution in [-0.2, 0) is 18.3 Å². The molecule has 0 aliphatic carbocycles. The Kier molecular flexibility index (Phi) is 8.91. The maximum Gasteiger partial charge on any atom is 0.227 e. The first kappa shape index (κ1) is 31.6. The number of carbonyl (C=O) groups excluding carboxylic acids is 1. The number of nitrogens with one attached hydrogen (secondary N) is 1. The lowest BCUT2D eigenvalue weighted by atomic mass is 9.92. The third-order valence-electron chi connectivity index (χ3n) is 7.38. The number of hydrogen-bond acceptors (Lipinski definition) is 5. The number of nitrogens with two attached hydrogens (primary N) is 1. The molecule has 1 unspecified atom stereocenters. The Bertz CT molecular complexity index is 1940. The monoisotopic (exact) mass is 627 g/mol. The molecule has 2 heterocycles. The molecule has 0 bridgehead atoms. The summed E-state index contributed by atoms with van der Waals surface area (Å²) in [4.78, 5) is 18.6. The van der Waals surface area contributed by atoms with E-state index >= 15 is 0 Å². The topological polar surface area (TPSA) is 106 Å². The molecule has 0 spiro atoms. The van der Waals surface area contributed by atoms with E-state index in [-0.39, 0.29) is 18.1 Å². The van der Waals surface area contributed by atoms with Crippen molar-refractivity contribution in [2.75, 3.05) is 5.73 Å². The van der Waals surface area contributed by atoms with Crippen LogP contribution in [0.3, 0.4) is 0 Å². The van der Waals surface area contributed by atoms with Crippen molar-refractivity contribution in [1.82, 2.24) is 20.1 Å². The quantitative estimate of drug-likeness (QED) is 0.179. The molecule has 5 aromatic rings. The first-order valence-electron chi connectivity index (χ1n) is 14.3. The van der Waals surface area contributed by atoms with Crippen LogP contribution in [0.4, 0.5) is 14.6 Å². The van der Waals surface area contributed by atoms with Gasteiger partial charge in [0.1, 0.15) is 22.9 Å². The molecule has 10 heteroatoms. The molecule has 3 aromatic carbocycles. The highest BCUT2D eigenvalue weighted by Gasteiger charge is 2.27. The minimum atomic E-state index is -1.28. The number of aromatic nitrogens is 3. The maximum absolute atomic E-state index is 14.4. The summed E-state index contributed by atoms with van der Waals surface area (Å²) in [5.74, 6) is 3.58. The Hall–Kier alpha value is -4.78. The number of nitrogens with zero attached hydrogens (tertiary/aromatic N) is 3. The van der Waals surface area contributed by atoms with Gasteiger partial charge in [-0.1, -0.05) is 53.9 Å². The number of benzene rings is 3. The zero-order valence-corrected chi connectivity index (χ0v) is 26.0. The molecule has 0 aliphatic heterocycles. The highest BCUT2D eigenvalue weighted by Crippen LogP contribution is 2.39. The van der Waals surface area contributed by atoms with E-state index in [1.807, 2.05) is 36.4 Å². The van der Waals surface area contributed by atoms with E-state index in [4.69, 9.17) is 22.3 Å². The third-order valence-corrected chi connectivity index (χ3v) is 7.69. The summed E-state index contributed by atoms with van der Waals surface area (Å²) in [7, 11) is 1.74. The molecule has 5 rings (SSSR count). The van der Waals surface area contributed by atoms with Gasteiger partial charge in [0.15, 0.2) is 5.82 Å². The molecule has 0 saturated heterocycles. The van der Waals surface area contributed by atoms with Gasteiger partial charge < -0.3 is 16.2 Å². The number of anilines is 1. The van der Waals surface area contributed by atoms with Crippen LogP contribution in [0, 0.1) is 23.5 Å². The second-order valence-corrected chi connectivity index (χ2v) is 11.8. The predicted octanol–water partition coefficient (Wildman–Crippen LogP) is 6.48. The molecular weight excluding hydrogens is 596 g/mol. The number of carbonyl (C=O) groups is 1. The highest BCUT2D eigenvalue weighted by atomic mass is 35.5. The molecular formula is C35H32ClF2N5O2. The number of aliphatic hydroxyl groups is 1. The largest absolute Gasteiger partial charge is 0.382 e. The fourth-order valence-corrected chi connectivity index (χ4v) is 5.50. The van der Waals surface area contributed by atoms with Crippen LogP contribution < -0.4 is 11.1 Å². The number of hydrogen-bond donors (Lipinski definition) is 3. The fraction of sp³-hybridized carbons (Fsp3) is 0.229. The Labute approximate surface area is 265 Å². The van der Waals surface area contributed by atoms with Gasteiger partial charge in [-0.05, 0) is 74.6 Å². The van der Waals surface area contributed by atoms with Gasteiger partial charge in [-0.3, -0.25) is 9.48 Å². The van der Waals surface area contributed by atoms with Crippen LogP contribution in [0.2, 0.25) is 5.02 Å². The lowest BCUT2D eigenvalue weighted by molar-refractivity contribution is -0.123. The molecule has 45 heavy (non-hydrogen) atoms. The van der Waals surface area contributed by atoms with Crippen molar-refractivity contribution < 1.29 is 18.7 Å². The van der Waals surface area contributed by atoms with Gasteiger partial charge in [-0.2, -0.15) is 5.10 Å². The average molecular weight is 628 g/mol. The van der Waals surface area contributed by atoms with Gasteiger partial charge >= 0.3 is 0 Å². The minimum absolute atomic E-state index is 0.00850. The Balaban J connectivity index is 1.72. The maximum atomic E-state index is 14.4. The van der Waals surface area contributed by atoms with Crippen LogP contribution >= 0.6 is 11.6 Å². The second-order valence-electron chi connectivity index (χ2n) is 11.4. The van der Waals surface area contributed by atoms with Crippen molar-refractivity contribution in [3.05, 3.63) is 112 Å². The van der Waals surface area contributed by atoms with E-state index in [1.54, 1.807) is 50.7 Å². The van der Waals surface area contributed by atoms with Gasteiger partial charge in [-0.15, -0.1) is 0 Å². The van der Waals surface area contributed by atoms with E-state index in [0.717, 1.165) is 11.6 Å². The molecule has 0 saturated carbocycles. The molecule has 4 N–H and O–H groups in total. The fourth-order valence-electron chi connectivity index (χ4n) is 5.25. The summed E-state index contributed by atoms with van der Waals surface area (Å²) in [6.45, 7) is 4.89. The smallest absolute Gasteiger partial charge is 0.227 e. The van der Waals surface area contributed by atoms with E-state index in [2.05, 4.69) is 22.3 Å². The van der Waals surface area contributed by atoms with Crippen molar-refractivity contribution in [3.63, 3.8) is 0 Å². The molecule has 0 aliphatic rings. The first-order chi connectivity index (χ1) is 21.3. The second kappa shape index (κ2) is 12.7. The Morgan fingerprint density at radius 2 is 1.73 bits per heavy atom. The normalized spacial score (nSPS) is 12.8. The van der Waals surface area contributed by atoms with Crippen molar-refractivity contribution in [2.24, 2.45) is 7.05 Å². The summed E-state index contributed by atoms with van der Waals surface area (Å²) < 4.78 is 30.3. The zero-order valence-electron chi connectivity index (χ0n) is 25.2. The van der Waals surface area contributed by atoms with E-state index in [0.29, 0.717) is 44.0 Å². The summed E-state index contributed by atoms with van der Waals surface area (Å²) >= 11 is 6.53. The van der Waals surface area contributed by atoms with Crippen LogP contribution in [-0.4, -0.2) is 31.4 Å². The Morgan fingerprint density at radius 1 is 1.07 bits per heavy atom. The van der Waals surface area contributed by atoms with Gasteiger partial charge in [0.25, 0.3) is 0 Å². The zero-order chi connectivity index (χ0) is 32.5. The molecule has 2 aromatic heterocycles. The standard InChI is InChI=1S/C35H32ClF2N5O2/c1-20(22-8-6-5-7-9-22)34(44)41-29(18-21-16-23(37)19-24(38)17-21)31-26(11-10-25(40-31)14-15-35(2,3)45)27-12-13-28(36)30-32(27)43(4)42-33(30)39/h5-13,16-17,19-20,29,45H,18H2,1-4H3,(H2,39,42)(H,41,44)/t20?,29-/m0/s1. The molecule has 2 atom stereocenters. The lowest BCUT2D eigenvalue weighted by Gasteiger charge is -2.24. The van der Waals surface area contributed by atoms with E-state index in [1.165, 1.54) is 12.1 Å². The molecule has 1 amide bonds. The van der Waals surface area contributed by atoms with Gasteiger partial charge in [0.2, 0.25) is 5.91 Å². The highest BCUT2D eigenvalue weighted by molar-refractivity contribution is 6.37. The number of fused-ring (bicyclic) bond motifs is 1. The molecule has 0 fully saturated rings. The molecule has 7 nitrogen and oxygen atoms in total. The van der Waals surface area contributed by atoms with E-state index < -0.39 is 29.2 Å². The first-order valence-corrected chi connectivity index (χ1v) is 14.7. The molecule has 230 valence electrons. The summed E-state index contributed by atoms with van der Waals surface area (Å²) in [5.41, 5.74) is 8.66. The van der Waals surface area contributed by atoms with Crippen molar-refractivity contribution in [3.8, 4) is 23.0 Å². The van der Waals surface area contributed by atoms with Crippen molar-refractivity contribution >= 4 is 34.2 Å². The number of aryl methyl sites for hydroxylation is 1. The lowest BCUT2D eigenvalue weighted by Crippen LogP contribution is -2.34. The van der Waals surface area contributed by atoms with Gasteiger partial charge in [0, 0.05) is 24.2 Å². The van der Waals surface area contributed by atoms with Gasteiger partial charge in [-0.25, -0.2) is 13.8 Å². The van der Waals surface area contributed by atoms with Crippen molar-refractivity contribution in [1.29, 1.82) is 0 Å². The predicted molar refractivity (Wildman–Crippen MR) is 172 cm³/mol. The third kappa shape index (κ3) is 7.14.